The van der Waals surface area contributed by atoms with Gasteiger partial charge in [0.15, 0.2) is 0 Å². The lowest BCUT2D eigenvalue weighted by Crippen LogP contribution is -2.24. The molecule has 15 heavy (non-hydrogen) atoms. The average molecular weight is 227 g/mol. The van der Waals surface area contributed by atoms with E-state index < -0.39 is 0 Å². The Morgan fingerprint density at radius 1 is 1.40 bits per heavy atom. The van der Waals surface area contributed by atoms with Crippen molar-refractivity contribution < 1.29 is 0 Å². The van der Waals surface area contributed by atoms with Crippen LogP contribution in [0.2, 0.25) is 0 Å². The van der Waals surface area contributed by atoms with Crippen molar-refractivity contribution >= 4 is 11.8 Å². The monoisotopic (exact) mass is 227 g/mol. The smallest absolute Gasteiger partial charge is 0.0545 e. The first-order valence-corrected chi connectivity index (χ1v) is 7.22. The third kappa shape index (κ3) is 10.2. The largest absolute Gasteiger partial charge is 0.316 e. The molecule has 1 nitrogen and oxygen atoms in total. The van der Waals surface area contributed by atoms with Gasteiger partial charge in [-0.05, 0) is 18.9 Å². The molecule has 0 aliphatic rings. The topological polar surface area (TPSA) is 12.0 Å². The molecule has 0 rings (SSSR count). The second-order valence-electron chi connectivity index (χ2n) is 3.88. The Kier molecular flexibility index (Phi) is 11.8. The summed E-state index contributed by atoms with van der Waals surface area (Å²) in [6, 6.07) is 0. The van der Waals surface area contributed by atoms with Crippen LogP contribution in [0.3, 0.4) is 0 Å². The zero-order chi connectivity index (χ0) is 11.4. The molecule has 0 aromatic heterocycles. The van der Waals surface area contributed by atoms with Gasteiger partial charge >= 0.3 is 0 Å². The van der Waals surface area contributed by atoms with E-state index in [1.165, 1.54) is 32.2 Å². The van der Waals surface area contributed by atoms with E-state index in [-0.39, 0.29) is 0 Å². The molecule has 0 aromatic carbocycles. The zero-order valence-electron chi connectivity index (χ0n) is 10.2. The first-order valence-electron chi connectivity index (χ1n) is 6.07. The predicted octanol–water partition coefficient (Wildman–Crippen LogP) is 3.16. The zero-order valence-corrected chi connectivity index (χ0v) is 11.0. The minimum Gasteiger partial charge on any atom is -0.316 e. The van der Waals surface area contributed by atoms with E-state index in [9.17, 15) is 0 Å². The van der Waals surface area contributed by atoms with Crippen LogP contribution in [0.15, 0.2) is 0 Å². The Bertz CT molecular complexity index is 162. The van der Waals surface area contributed by atoms with Crippen molar-refractivity contribution in [1.29, 1.82) is 0 Å². The number of terminal acetylenes is 1. The summed E-state index contributed by atoms with van der Waals surface area (Å²) in [5.74, 6) is 5.48. The molecule has 0 heterocycles. The van der Waals surface area contributed by atoms with Crippen LogP contribution < -0.4 is 5.32 Å². The summed E-state index contributed by atoms with van der Waals surface area (Å²) >= 11 is 1.83. The molecule has 88 valence electrons. The lowest BCUT2D eigenvalue weighted by Gasteiger charge is -2.14. The van der Waals surface area contributed by atoms with Gasteiger partial charge in [-0.3, -0.25) is 0 Å². The van der Waals surface area contributed by atoms with Gasteiger partial charge in [0.2, 0.25) is 0 Å². The van der Waals surface area contributed by atoms with Gasteiger partial charge < -0.3 is 5.32 Å². The Labute approximate surface area is 99.8 Å². The van der Waals surface area contributed by atoms with E-state index in [4.69, 9.17) is 6.42 Å². The number of unbranched alkanes of at least 4 members (excludes halogenated alkanes) is 1. The molecule has 0 aliphatic heterocycles. The third-order valence-electron chi connectivity index (χ3n) is 2.58. The van der Waals surface area contributed by atoms with Gasteiger partial charge in [0.05, 0.1) is 5.75 Å². The molecule has 2 heteroatoms. The summed E-state index contributed by atoms with van der Waals surface area (Å²) < 4.78 is 0. The van der Waals surface area contributed by atoms with E-state index in [0.29, 0.717) is 0 Å². The van der Waals surface area contributed by atoms with Crippen LogP contribution in [0.25, 0.3) is 0 Å². The van der Waals surface area contributed by atoms with Gasteiger partial charge in [0.1, 0.15) is 0 Å². The fraction of sp³-hybridized carbons (Fsp3) is 0.846. The minimum absolute atomic E-state index is 0.842. The van der Waals surface area contributed by atoms with Crippen molar-refractivity contribution in [3.63, 3.8) is 0 Å². The standard InChI is InChI=1S/C13H25NS/c1-4-7-8-13(6-3)12-14-9-11-15-10-5-2/h2,13-14H,4,6-12H2,1,3H3. The molecule has 0 amide bonds. The van der Waals surface area contributed by atoms with Crippen molar-refractivity contribution in [2.24, 2.45) is 5.92 Å². The SMILES string of the molecule is C#CCSCCNCC(CC)CCCC. The summed E-state index contributed by atoms with van der Waals surface area (Å²) in [6.07, 6.45) is 10.5. The van der Waals surface area contributed by atoms with Gasteiger partial charge in [0, 0.05) is 12.3 Å². The van der Waals surface area contributed by atoms with Gasteiger partial charge in [-0.25, -0.2) is 0 Å². The lowest BCUT2D eigenvalue weighted by molar-refractivity contribution is 0.425. The van der Waals surface area contributed by atoms with Crippen LogP contribution in [0.1, 0.15) is 39.5 Å². The highest BCUT2D eigenvalue weighted by molar-refractivity contribution is 7.99. The summed E-state index contributed by atoms with van der Waals surface area (Å²) in [6.45, 7) is 6.81. The van der Waals surface area contributed by atoms with Crippen LogP contribution in [0, 0.1) is 18.3 Å². The number of hydrogen-bond acceptors (Lipinski definition) is 2. The summed E-state index contributed by atoms with van der Waals surface area (Å²) in [4.78, 5) is 0. The van der Waals surface area contributed by atoms with Gasteiger partial charge in [-0.15, -0.1) is 18.2 Å². The molecular weight excluding hydrogens is 202 g/mol. The Hall–Kier alpha value is -0.130. The fourth-order valence-corrected chi connectivity index (χ4v) is 2.08. The average Bonchev–Trinajstić information content (AvgIpc) is 2.27. The van der Waals surface area contributed by atoms with Crippen molar-refractivity contribution in [3.05, 3.63) is 0 Å². The molecule has 0 bridgehead atoms. The first kappa shape index (κ1) is 14.9. The number of thioether (sulfide) groups is 1. The second-order valence-corrected chi connectivity index (χ2v) is 4.98. The van der Waals surface area contributed by atoms with Crippen LogP contribution >= 0.6 is 11.8 Å². The Balaban J connectivity index is 3.27. The van der Waals surface area contributed by atoms with Crippen LogP contribution in [-0.4, -0.2) is 24.6 Å². The normalized spacial score (nSPS) is 12.3. The molecule has 0 aliphatic carbocycles. The highest BCUT2D eigenvalue weighted by Crippen LogP contribution is 2.11. The first-order chi connectivity index (χ1) is 7.35. The van der Waals surface area contributed by atoms with Gasteiger partial charge in [-0.1, -0.05) is 39.0 Å². The molecule has 0 radical (unpaired) electrons. The predicted molar refractivity (Wildman–Crippen MR) is 72.3 cm³/mol. The Morgan fingerprint density at radius 3 is 2.80 bits per heavy atom. The molecular formula is C13H25NS. The summed E-state index contributed by atoms with van der Waals surface area (Å²) in [5, 5.41) is 3.51. The lowest BCUT2D eigenvalue weighted by atomic mass is 9.99. The molecule has 1 atom stereocenters. The van der Waals surface area contributed by atoms with Gasteiger partial charge in [-0.2, -0.15) is 0 Å². The number of rotatable bonds is 10. The summed E-state index contributed by atoms with van der Waals surface area (Å²) in [7, 11) is 0. The van der Waals surface area contributed by atoms with Gasteiger partial charge in [0.25, 0.3) is 0 Å². The maximum Gasteiger partial charge on any atom is 0.0545 e. The van der Waals surface area contributed by atoms with E-state index in [2.05, 4.69) is 25.1 Å². The highest BCUT2D eigenvalue weighted by atomic mass is 32.2. The van der Waals surface area contributed by atoms with E-state index in [1.54, 1.807) is 0 Å². The fourth-order valence-electron chi connectivity index (χ4n) is 1.52. The maximum atomic E-state index is 5.18. The van der Waals surface area contributed by atoms with Crippen molar-refractivity contribution in [2.45, 2.75) is 39.5 Å². The second kappa shape index (κ2) is 11.9. The van der Waals surface area contributed by atoms with Crippen molar-refractivity contribution in [2.75, 3.05) is 24.6 Å². The van der Waals surface area contributed by atoms with Crippen molar-refractivity contribution in [3.8, 4) is 12.3 Å². The molecule has 0 aromatic rings. The highest BCUT2D eigenvalue weighted by Gasteiger charge is 2.04. The quantitative estimate of drug-likeness (QED) is 0.454. The summed E-state index contributed by atoms with van der Waals surface area (Å²) in [5.41, 5.74) is 0. The van der Waals surface area contributed by atoms with Crippen LogP contribution in [0.5, 0.6) is 0 Å². The van der Waals surface area contributed by atoms with E-state index in [0.717, 1.165) is 24.0 Å². The Morgan fingerprint density at radius 2 is 2.20 bits per heavy atom. The minimum atomic E-state index is 0.842. The molecule has 1 unspecified atom stereocenters. The van der Waals surface area contributed by atoms with E-state index in [1.807, 2.05) is 11.8 Å². The third-order valence-corrected chi connectivity index (χ3v) is 3.45. The number of nitrogens with one attached hydrogen (secondary N) is 1. The molecule has 0 saturated heterocycles. The molecule has 0 fully saturated rings. The molecule has 1 N–H and O–H groups in total. The molecule has 0 spiro atoms. The maximum absolute atomic E-state index is 5.18. The molecule has 0 saturated carbocycles. The van der Waals surface area contributed by atoms with Crippen molar-refractivity contribution in [1.82, 2.24) is 5.32 Å². The number of hydrogen-bond donors (Lipinski definition) is 1. The van der Waals surface area contributed by atoms with Crippen LogP contribution in [0.4, 0.5) is 0 Å². The van der Waals surface area contributed by atoms with E-state index >= 15 is 0 Å². The van der Waals surface area contributed by atoms with Crippen LogP contribution in [-0.2, 0) is 0 Å².